The van der Waals surface area contributed by atoms with Crippen LogP contribution in [-0.2, 0) is 21.1 Å². The minimum Gasteiger partial charge on any atom is -0.342 e. The average Bonchev–Trinajstić information content (AvgIpc) is 3.04. The van der Waals surface area contributed by atoms with Crippen LogP contribution in [0.2, 0.25) is 0 Å². The number of carbonyl (C=O) groups is 1. The van der Waals surface area contributed by atoms with Crippen LogP contribution in [0.5, 0.6) is 0 Å². The number of hydrogen-bond acceptors (Lipinski definition) is 6. The molecule has 8 heteroatoms. The third kappa shape index (κ3) is 4.28. The van der Waals surface area contributed by atoms with Crippen molar-refractivity contribution in [2.24, 2.45) is 0 Å². The monoisotopic (exact) mass is 329 g/mol. The molecule has 0 aliphatic carbocycles. The van der Waals surface area contributed by atoms with E-state index in [1.54, 1.807) is 11.9 Å². The second-order valence-corrected chi connectivity index (χ2v) is 8.34. The lowest BCUT2D eigenvalue weighted by Crippen LogP contribution is -2.37. The molecule has 0 bridgehead atoms. The van der Waals surface area contributed by atoms with Crippen molar-refractivity contribution in [2.45, 2.75) is 51.5 Å². The first-order valence-electron chi connectivity index (χ1n) is 7.57. The Hall–Kier alpha value is -1.44. The smallest absolute Gasteiger partial charge is 0.226 e. The first-order chi connectivity index (χ1) is 10.3. The Morgan fingerprint density at radius 1 is 1.45 bits per heavy atom. The fourth-order valence-corrected chi connectivity index (χ4v) is 4.23. The van der Waals surface area contributed by atoms with Gasteiger partial charge in [-0.3, -0.25) is 4.79 Å². The number of hydrogen-bond donors (Lipinski definition) is 0. The summed E-state index contributed by atoms with van der Waals surface area (Å²) in [6, 6.07) is -0.187. The molecule has 1 fully saturated rings. The molecule has 2 rings (SSSR count). The molecular formula is C14H23N3O4S. The minimum atomic E-state index is -2.97. The number of carbonyl (C=O) groups excluding carboxylic acids is 1. The van der Waals surface area contributed by atoms with Crippen molar-refractivity contribution in [1.29, 1.82) is 0 Å². The highest BCUT2D eigenvalue weighted by molar-refractivity contribution is 7.91. The van der Waals surface area contributed by atoms with E-state index in [2.05, 4.69) is 10.1 Å². The maximum absolute atomic E-state index is 12.1. The molecule has 22 heavy (non-hydrogen) atoms. The van der Waals surface area contributed by atoms with Gasteiger partial charge >= 0.3 is 0 Å². The topological polar surface area (TPSA) is 93.4 Å². The predicted molar refractivity (Wildman–Crippen MR) is 81.2 cm³/mol. The molecule has 1 atom stereocenters. The minimum absolute atomic E-state index is 0.0364. The molecule has 1 aliphatic heterocycles. The van der Waals surface area contributed by atoms with Crippen LogP contribution in [0.25, 0.3) is 0 Å². The number of aromatic nitrogens is 2. The van der Waals surface area contributed by atoms with E-state index in [0.29, 0.717) is 37.4 Å². The maximum Gasteiger partial charge on any atom is 0.226 e. The third-order valence-corrected chi connectivity index (χ3v) is 5.68. The average molecular weight is 329 g/mol. The molecular weight excluding hydrogens is 306 g/mol. The fraction of sp³-hybridized carbons (Fsp3) is 0.786. The highest BCUT2D eigenvalue weighted by atomic mass is 32.2. The van der Waals surface area contributed by atoms with Gasteiger partial charge in [0.2, 0.25) is 11.8 Å². The van der Waals surface area contributed by atoms with Crippen molar-refractivity contribution in [1.82, 2.24) is 15.0 Å². The van der Waals surface area contributed by atoms with Crippen molar-refractivity contribution in [3.8, 4) is 0 Å². The van der Waals surface area contributed by atoms with Crippen molar-refractivity contribution < 1.29 is 17.7 Å². The molecule has 1 aliphatic rings. The maximum atomic E-state index is 12.1. The Kier molecular flexibility index (Phi) is 5.20. The quantitative estimate of drug-likeness (QED) is 0.777. The molecule has 0 N–H and O–H groups in total. The van der Waals surface area contributed by atoms with E-state index in [-0.39, 0.29) is 29.4 Å². The van der Waals surface area contributed by atoms with Gasteiger partial charge in [0.15, 0.2) is 15.7 Å². The Balaban J connectivity index is 1.77. The molecule has 1 aromatic rings. The fourth-order valence-electron chi connectivity index (χ4n) is 2.46. The molecule has 1 amide bonds. The molecule has 0 aromatic carbocycles. The number of nitrogens with zero attached hydrogens (tertiary/aromatic N) is 3. The highest BCUT2D eigenvalue weighted by Crippen LogP contribution is 2.18. The van der Waals surface area contributed by atoms with Gasteiger partial charge in [-0.05, 0) is 12.8 Å². The van der Waals surface area contributed by atoms with Crippen LogP contribution in [0.15, 0.2) is 4.52 Å². The molecule has 0 saturated carbocycles. The molecule has 7 nitrogen and oxygen atoms in total. The molecule has 124 valence electrons. The normalized spacial score (nSPS) is 20.5. The number of aryl methyl sites for hydroxylation is 1. The molecule has 0 spiro atoms. The summed E-state index contributed by atoms with van der Waals surface area (Å²) in [6.07, 6.45) is 2.06. The zero-order chi connectivity index (χ0) is 16.3. The van der Waals surface area contributed by atoms with Crippen LogP contribution >= 0.6 is 0 Å². The van der Waals surface area contributed by atoms with Crippen molar-refractivity contribution in [3.63, 3.8) is 0 Å². The van der Waals surface area contributed by atoms with Gasteiger partial charge in [0, 0.05) is 31.8 Å². The first-order valence-corrected chi connectivity index (χ1v) is 9.39. The summed E-state index contributed by atoms with van der Waals surface area (Å²) in [7, 11) is -1.29. The van der Waals surface area contributed by atoms with E-state index in [4.69, 9.17) is 4.52 Å². The second-order valence-electron chi connectivity index (χ2n) is 6.12. The van der Waals surface area contributed by atoms with Crippen molar-refractivity contribution >= 4 is 15.7 Å². The van der Waals surface area contributed by atoms with E-state index in [0.717, 1.165) is 0 Å². The molecule has 2 heterocycles. The Bertz CT molecular complexity index is 624. The van der Waals surface area contributed by atoms with Gasteiger partial charge in [0.25, 0.3) is 0 Å². The van der Waals surface area contributed by atoms with Crippen LogP contribution in [0.1, 0.15) is 50.7 Å². The highest BCUT2D eigenvalue weighted by Gasteiger charge is 2.32. The predicted octanol–water partition coefficient (Wildman–Crippen LogP) is 1.16. The van der Waals surface area contributed by atoms with Gasteiger partial charge < -0.3 is 9.42 Å². The summed E-state index contributed by atoms with van der Waals surface area (Å²) < 4.78 is 28.0. The standard InChI is InChI=1S/C14H23N3O4S/c1-10(2)14-15-12(21-16-14)5-4-6-13(18)17(3)11-7-8-22(19,20)9-11/h10-11H,4-9H2,1-3H3/t11-/m1/s1. The summed E-state index contributed by atoms with van der Waals surface area (Å²) >= 11 is 0. The van der Waals surface area contributed by atoms with E-state index in [1.165, 1.54) is 0 Å². The Morgan fingerprint density at radius 3 is 2.73 bits per heavy atom. The van der Waals surface area contributed by atoms with Crippen molar-refractivity contribution in [3.05, 3.63) is 11.7 Å². The zero-order valence-electron chi connectivity index (χ0n) is 13.3. The van der Waals surface area contributed by atoms with E-state index in [1.807, 2.05) is 13.8 Å². The molecule has 1 aromatic heterocycles. The molecule has 0 unspecified atom stereocenters. The third-order valence-electron chi connectivity index (χ3n) is 3.93. The van der Waals surface area contributed by atoms with Gasteiger partial charge in [-0.1, -0.05) is 19.0 Å². The first kappa shape index (κ1) is 16.9. The SMILES string of the molecule is CC(C)c1noc(CCCC(=O)N(C)[C@@H]2CCS(=O)(=O)C2)n1. The summed E-state index contributed by atoms with van der Waals surface area (Å²) in [4.78, 5) is 17.9. The van der Waals surface area contributed by atoms with Crippen molar-refractivity contribution in [2.75, 3.05) is 18.6 Å². The van der Waals surface area contributed by atoms with Crippen LogP contribution < -0.4 is 0 Å². The van der Waals surface area contributed by atoms with Crippen LogP contribution in [0.3, 0.4) is 0 Å². The zero-order valence-corrected chi connectivity index (χ0v) is 14.1. The van der Waals surface area contributed by atoms with Gasteiger partial charge in [-0.2, -0.15) is 4.98 Å². The van der Waals surface area contributed by atoms with Crippen LogP contribution in [0, 0.1) is 0 Å². The van der Waals surface area contributed by atoms with E-state index in [9.17, 15) is 13.2 Å². The summed E-state index contributed by atoms with van der Waals surface area (Å²) in [5, 5.41) is 3.88. The van der Waals surface area contributed by atoms with Gasteiger partial charge in [-0.15, -0.1) is 0 Å². The summed E-state index contributed by atoms with van der Waals surface area (Å²) in [5.74, 6) is 1.66. The molecule has 1 saturated heterocycles. The summed E-state index contributed by atoms with van der Waals surface area (Å²) in [5.41, 5.74) is 0. The lowest BCUT2D eigenvalue weighted by Gasteiger charge is -2.23. The van der Waals surface area contributed by atoms with Crippen LogP contribution in [0.4, 0.5) is 0 Å². The van der Waals surface area contributed by atoms with Gasteiger partial charge in [0.1, 0.15) is 0 Å². The Labute approximate surface area is 131 Å². The Morgan fingerprint density at radius 2 is 2.18 bits per heavy atom. The largest absolute Gasteiger partial charge is 0.342 e. The number of rotatable bonds is 6. The number of amides is 1. The van der Waals surface area contributed by atoms with E-state index < -0.39 is 9.84 Å². The second kappa shape index (κ2) is 6.76. The lowest BCUT2D eigenvalue weighted by atomic mass is 10.2. The van der Waals surface area contributed by atoms with Gasteiger partial charge in [0.05, 0.1) is 11.5 Å². The van der Waals surface area contributed by atoms with E-state index >= 15 is 0 Å². The summed E-state index contributed by atoms with van der Waals surface area (Å²) in [6.45, 7) is 3.98. The van der Waals surface area contributed by atoms with Crippen LogP contribution in [-0.4, -0.2) is 54.0 Å². The lowest BCUT2D eigenvalue weighted by molar-refractivity contribution is -0.131. The molecule has 0 radical (unpaired) electrons. The van der Waals surface area contributed by atoms with Gasteiger partial charge in [-0.25, -0.2) is 8.42 Å². The number of sulfone groups is 1.